The SMILES string of the molecule is CCCCCCCCC(c1ccccc1O)C(CCCCC)CCCCC. The lowest BCUT2D eigenvalue weighted by molar-refractivity contribution is 0.316. The molecule has 0 saturated carbocycles. The molecule has 156 valence electrons. The summed E-state index contributed by atoms with van der Waals surface area (Å²) in [7, 11) is 0. The van der Waals surface area contributed by atoms with Gasteiger partial charge < -0.3 is 5.11 Å². The Morgan fingerprint density at radius 1 is 0.630 bits per heavy atom. The molecule has 1 rings (SSSR count). The molecule has 0 saturated heterocycles. The summed E-state index contributed by atoms with van der Waals surface area (Å²) >= 11 is 0. The first-order valence-corrected chi connectivity index (χ1v) is 12.0. The third kappa shape index (κ3) is 10.2. The summed E-state index contributed by atoms with van der Waals surface area (Å²) in [6.45, 7) is 6.87. The quantitative estimate of drug-likeness (QED) is 0.270. The van der Waals surface area contributed by atoms with Crippen LogP contribution in [0.4, 0.5) is 0 Å². The van der Waals surface area contributed by atoms with Crippen molar-refractivity contribution < 1.29 is 5.11 Å². The smallest absolute Gasteiger partial charge is 0.119 e. The molecule has 1 unspecified atom stereocenters. The summed E-state index contributed by atoms with van der Waals surface area (Å²) in [6, 6.07) is 8.14. The van der Waals surface area contributed by atoms with E-state index in [0.29, 0.717) is 11.7 Å². The number of hydrogen-bond donors (Lipinski definition) is 1. The molecule has 1 aromatic carbocycles. The van der Waals surface area contributed by atoms with Crippen molar-refractivity contribution in [3.63, 3.8) is 0 Å². The van der Waals surface area contributed by atoms with Gasteiger partial charge in [0.2, 0.25) is 0 Å². The first-order valence-electron chi connectivity index (χ1n) is 12.0. The summed E-state index contributed by atoms with van der Waals surface area (Å²) in [5.74, 6) is 1.78. The van der Waals surface area contributed by atoms with Crippen LogP contribution >= 0.6 is 0 Å². The minimum atomic E-state index is 0.518. The highest BCUT2D eigenvalue weighted by atomic mass is 16.3. The van der Waals surface area contributed by atoms with Crippen LogP contribution in [0.3, 0.4) is 0 Å². The fourth-order valence-electron chi connectivity index (χ4n) is 4.45. The summed E-state index contributed by atoms with van der Waals surface area (Å²) < 4.78 is 0. The van der Waals surface area contributed by atoms with E-state index in [2.05, 4.69) is 32.9 Å². The zero-order chi connectivity index (χ0) is 19.7. The minimum absolute atomic E-state index is 0.518. The van der Waals surface area contributed by atoms with Crippen molar-refractivity contribution in [3.8, 4) is 5.75 Å². The molecular formula is C26H46O. The van der Waals surface area contributed by atoms with E-state index in [-0.39, 0.29) is 0 Å². The second-order valence-corrected chi connectivity index (χ2v) is 8.47. The Morgan fingerprint density at radius 2 is 1.11 bits per heavy atom. The average Bonchev–Trinajstić information content (AvgIpc) is 2.68. The molecule has 0 aliphatic carbocycles. The van der Waals surface area contributed by atoms with Crippen molar-refractivity contribution in [2.75, 3.05) is 0 Å². The van der Waals surface area contributed by atoms with Gasteiger partial charge in [-0.2, -0.15) is 0 Å². The Bertz CT molecular complexity index is 443. The maximum atomic E-state index is 10.5. The Kier molecular flexibility index (Phi) is 14.3. The molecule has 0 bridgehead atoms. The van der Waals surface area contributed by atoms with Crippen LogP contribution in [-0.2, 0) is 0 Å². The minimum Gasteiger partial charge on any atom is -0.508 e. The van der Waals surface area contributed by atoms with Crippen molar-refractivity contribution in [3.05, 3.63) is 29.8 Å². The Hall–Kier alpha value is -0.980. The van der Waals surface area contributed by atoms with E-state index in [1.807, 2.05) is 12.1 Å². The van der Waals surface area contributed by atoms with Gasteiger partial charge >= 0.3 is 0 Å². The molecule has 0 fully saturated rings. The van der Waals surface area contributed by atoms with Crippen molar-refractivity contribution >= 4 is 0 Å². The predicted molar refractivity (Wildman–Crippen MR) is 121 cm³/mol. The van der Waals surface area contributed by atoms with Gasteiger partial charge in [-0.3, -0.25) is 0 Å². The number of hydrogen-bond acceptors (Lipinski definition) is 1. The summed E-state index contributed by atoms with van der Waals surface area (Å²) in [6.07, 6.45) is 19.9. The summed E-state index contributed by atoms with van der Waals surface area (Å²) in [5.41, 5.74) is 1.21. The Balaban J connectivity index is 2.77. The van der Waals surface area contributed by atoms with E-state index < -0.39 is 0 Å². The molecule has 27 heavy (non-hydrogen) atoms. The first-order chi connectivity index (χ1) is 13.2. The molecular weight excluding hydrogens is 328 g/mol. The van der Waals surface area contributed by atoms with E-state index >= 15 is 0 Å². The van der Waals surface area contributed by atoms with Gasteiger partial charge in [0, 0.05) is 0 Å². The Labute approximate surface area is 170 Å². The second kappa shape index (κ2) is 16.0. The van der Waals surface area contributed by atoms with Crippen molar-refractivity contribution in [1.29, 1.82) is 0 Å². The molecule has 1 aromatic rings. The zero-order valence-corrected chi connectivity index (χ0v) is 18.5. The zero-order valence-electron chi connectivity index (χ0n) is 18.5. The molecule has 1 atom stereocenters. The number of unbranched alkanes of at least 4 members (excludes halogenated alkanes) is 9. The van der Waals surface area contributed by atoms with Gasteiger partial charge in [-0.15, -0.1) is 0 Å². The van der Waals surface area contributed by atoms with Crippen LogP contribution < -0.4 is 0 Å². The first kappa shape index (κ1) is 24.1. The molecule has 1 heteroatoms. The average molecular weight is 375 g/mol. The number of phenolic OH excluding ortho intramolecular Hbond substituents is 1. The van der Waals surface area contributed by atoms with Gasteiger partial charge in [0.15, 0.2) is 0 Å². The molecule has 0 radical (unpaired) electrons. The van der Waals surface area contributed by atoms with E-state index in [0.717, 1.165) is 5.92 Å². The number of benzene rings is 1. The molecule has 0 heterocycles. The van der Waals surface area contributed by atoms with Gasteiger partial charge in [0.1, 0.15) is 5.75 Å². The van der Waals surface area contributed by atoms with Gasteiger partial charge in [-0.1, -0.05) is 116 Å². The summed E-state index contributed by atoms with van der Waals surface area (Å²) in [5, 5.41) is 10.5. The molecule has 1 nitrogen and oxygen atoms in total. The number of aromatic hydroxyl groups is 1. The van der Waals surface area contributed by atoms with Crippen LogP contribution in [0.1, 0.15) is 129 Å². The second-order valence-electron chi connectivity index (χ2n) is 8.47. The predicted octanol–water partition coefficient (Wildman–Crippen LogP) is 9.00. The maximum absolute atomic E-state index is 10.5. The van der Waals surface area contributed by atoms with Crippen molar-refractivity contribution in [1.82, 2.24) is 0 Å². The van der Waals surface area contributed by atoms with Crippen LogP contribution in [0.5, 0.6) is 5.75 Å². The highest BCUT2D eigenvalue weighted by molar-refractivity contribution is 5.35. The summed E-state index contributed by atoms with van der Waals surface area (Å²) in [4.78, 5) is 0. The van der Waals surface area contributed by atoms with E-state index in [1.165, 1.54) is 102 Å². The third-order valence-corrected chi connectivity index (χ3v) is 6.13. The fraction of sp³-hybridized carbons (Fsp3) is 0.769. The molecule has 0 amide bonds. The topological polar surface area (TPSA) is 20.2 Å². The molecule has 0 aliphatic rings. The molecule has 0 aromatic heterocycles. The van der Waals surface area contributed by atoms with E-state index in [4.69, 9.17) is 0 Å². The van der Waals surface area contributed by atoms with E-state index in [9.17, 15) is 5.11 Å². The number of para-hydroxylation sites is 1. The highest BCUT2D eigenvalue weighted by Gasteiger charge is 2.24. The van der Waals surface area contributed by atoms with Crippen LogP contribution in [0.2, 0.25) is 0 Å². The Morgan fingerprint density at radius 3 is 1.70 bits per heavy atom. The monoisotopic (exact) mass is 374 g/mol. The van der Waals surface area contributed by atoms with Gasteiger partial charge in [-0.25, -0.2) is 0 Å². The lowest BCUT2D eigenvalue weighted by atomic mass is 9.76. The number of rotatable bonds is 17. The fourth-order valence-corrected chi connectivity index (χ4v) is 4.45. The maximum Gasteiger partial charge on any atom is 0.119 e. The molecule has 1 N–H and O–H groups in total. The molecule has 0 aliphatic heterocycles. The van der Waals surface area contributed by atoms with Crippen molar-refractivity contribution in [2.24, 2.45) is 5.92 Å². The normalized spacial score (nSPS) is 12.6. The van der Waals surface area contributed by atoms with Gasteiger partial charge in [-0.05, 0) is 42.7 Å². The lowest BCUT2D eigenvalue weighted by Gasteiger charge is -2.29. The standard InChI is InChI=1S/C26H46O/c1-4-7-10-11-12-15-20-24(25-21-16-17-22-26(25)27)23(18-13-8-5-2)19-14-9-6-3/h16-17,21-24,27H,4-15,18-20H2,1-3H3. The van der Waals surface area contributed by atoms with E-state index in [1.54, 1.807) is 0 Å². The van der Waals surface area contributed by atoms with Crippen molar-refractivity contribution in [2.45, 2.75) is 123 Å². The largest absolute Gasteiger partial charge is 0.508 e. The van der Waals surface area contributed by atoms with Crippen LogP contribution in [0.15, 0.2) is 24.3 Å². The van der Waals surface area contributed by atoms with Crippen LogP contribution in [0, 0.1) is 5.92 Å². The lowest BCUT2D eigenvalue weighted by Crippen LogP contribution is -2.14. The van der Waals surface area contributed by atoms with Crippen LogP contribution in [0.25, 0.3) is 0 Å². The highest BCUT2D eigenvalue weighted by Crippen LogP contribution is 2.40. The van der Waals surface area contributed by atoms with Crippen LogP contribution in [-0.4, -0.2) is 5.11 Å². The third-order valence-electron chi connectivity index (χ3n) is 6.13. The molecule has 0 spiro atoms. The van der Waals surface area contributed by atoms with Gasteiger partial charge in [0.05, 0.1) is 0 Å². The van der Waals surface area contributed by atoms with Gasteiger partial charge in [0.25, 0.3) is 0 Å². The number of phenols is 1.